The fourth-order valence-corrected chi connectivity index (χ4v) is 2.82. The molecule has 1 unspecified atom stereocenters. The van der Waals surface area contributed by atoms with E-state index in [2.05, 4.69) is 5.32 Å². The molecule has 0 aromatic heterocycles. The quantitative estimate of drug-likeness (QED) is 0.851. The van der Waals surface area contributed by atoms with E-state index in [9.17, 15) is 22.8 Å². The summed E-state index contributed by atoms with van der Waals surface area (Å²) in [6.07, 6.45) is -3.29. The molecule has 2 amide bonds. The van der Waals surface area contributed by atoms with E-state index in [1.807, 2.05) is 23.5 Å². The molecular weight excluding hydrogens is 335 g/mol. The van der Waals surface area contributed by atoms with Crippen molar-refractivity contribution in [3.8, 4) is 0 Å². The molecule has 1 heterocycles. The number of carbonyl (C=O) groups is 2. The van der Waals surface area contributed by atoms with Gasteiger partial charge in [0.25, 0.3) is 0 Å². The molecule has 1 fully saturated rings. The van der Waals surface area contributed by atoms with Gasteiger partial charge in [0.1, 0.15) is 6.54 Å². The van der Waals surface area contributed by atoms with Gasteiger partial charge in [0, 0.05) is 11.6 Å². The van der Waals surface area contributed by atoms with Crippen LogP contribution in [0.15, 0.2) is 30.3 Å². The average molecular weight is 357 g/mol. The summed E-state index contributed by atoms with van der Waals surface area (Å²) < 4.78 is 36.5. The molecule has 1 aromatic rings. The van der Waals surface area contributed by atoms with Gasteiger partial charge >= 0.3 is 6.18 Å². The van der Waals surface area contributed by atoms with Gasteiger partial charge in [-0.25, -0.2) is 0 Å². The standard InChI is InChI=1S/C17H22F3N3O2/c1-12(15(24)21-11-17(18,19)20)23-9-7-13(8-10-23)16(25)22-14-5-3-2-4-6-14/h2-6,12-13H,7-11H2,1H3,(H,21,24)(H,22,25). The van der Waals surface area contributed by atoms with Gasteiger partial charge in [-0.1, -0.05) is 18.2 Å². The molecule has 25 heavy (non-hydrogen) atoms. The van der Waals surface area contributed by atoms with Crippen molar-refractivity contribution in [3.05, 3.63) is 30.3 Å². The Morgan fingerprint density at radius 1 is 1.20 bits per heavy atom. The van der Waals surface area contributed by atoms with Crippen LogP contribution in [0.1, 0.15) is 19.8 Å². The summed E-state index contributed by atoms with van der Waals surface area (Å²) >= 11 is 0. The Morgan fingerprint density at radius 3 is 2.36 bits per heavy atom. The van der Waals surface area contributed by atoms with E-state index in [1.54, 1.807) is 24.0 Å². The summed E-state index contributed by atoms with van der Waals surface area (Å²) in [5.74, 6) is -0.883. The van der Waals surface area contributed by atoms with Crippen LogP contribution in [-0.2, 0) is 9.59 Å². The second-order valence-corrected chi connectivity index (χ2v) is 6.17. The van der Waals surface area contributed by atoms with Crippen molar-refractivity contribution in [2.45, 2.75) is 32.0 Å². The number of para-hydroxylation sites is 1. The number of likely N-dealkylation sites (tertiary alicyclic amines) is 1. The number of alkyl halides is 3. The fourth-order valence-electron chi connectivity index (χ4n) is 2.82. The van der Waals surface area contributed by atoms with Crippen LogP contribution < -0.4 is 10.6 Å². The Kier molecular flexibility index (Phi) is 6.41. The van der Waals surface area contributed by atoms with Crippen molar-refractivity contribution in [2.75, 3.05) is 25.0 Å². The van der Waals surface area contributed by atoms with E-state index in [0.717, 1.165) is 5.69 Å². The highest BCUT2D eigenvalue weighted by molar-refractivity contribution is 5.92. The first-order chi connectivity index (χ1) is 11.8. The summed E-state index contributed by atoms with van der Waals surface area (Å²) in [6.45, 7) is 1.24. The third-order valence-corrected chi connectivity index (χ3v) is 4.33. The van der Waals surface area contributed by atoms with Crippen LogP contribution in [0.5, 0.6) is 0 Å². The number of anilines is 1. The molecule has 0 bridgehead atoms. The Labute approximate surface area is 144 Å². The lowest BCUT2D eigenvalue weighted by Crippen LogP contribution is -2.50. The monoisotopic (exact) mass is 357 g/mol. The van der Waals surface area contributed by atoms with Gasteiger partial charge in [0.2, 0.25) is 11.8 Å². The predicted octanol–water partition coefficient (Wildman–Crippen LogP) is 2.40. The first-order valence-electron chi connectivity index (χ1n) is 8.20. The maximum Gasteiger partial charge on any atom is 0.405 e. The van der Waals surface area contributed by atoms with Gasteiger partial charge < -0.3 is 10.6 Å². The van der Waals surface area contributed by atoms with Gasteiger partial charge in [-0.2, -0.15) is 13.2 Å². The van der Waals surface area contributed by atoms with Gasteiger partial charge in [-0.05, 0) is 45.0 Å². The number of carbonyl (C=O) groups excluding carboxylic acids is 2. The molecule has 138 valence electrons. The third kappa shape index (κ3) is 6.04. The SMILES string of the molecule is CC(C(=O)NCC(F)(F)F)N1CCC(C(=O)Nc2ccccc2)CC1. The van der Waals surface area contributed by atoms with Crippen molar-refractivity contribution in [1.82, 2.24) is 10.2 Å². The summed E-state index contributed by atoms with van der Waals surface area (Å²) in [7, 11) is 0. The molecule has 2 N–H and O–H groups in total. The number of hydrogen-bond donors (Lipinski definition) is 2. The lowest BCUT2D eigenvalue weighted by atomic mass is 9.94. The number of nitrogens with zero attached hydrogens (tertiary/aromatic N) is 1. The van der Waals surface area contributed by atoms with Crippen LogP contribution in [0.4, 0.5) is 18.9 Å². The zero-order valence-corrected chi connectivity index (χ0v) is 14.0. The second-order valence-electron chi connectivity index (χ2n) is 6.17. The smallest absolute Gasteiger partial charge is 0.346 e. The van der Waals surface area contributed by atoms with Crippen LogP contribution in [-0.4, -0.2) is 48.6 Å². The Balaban J connectivity index is 1.78. The van der Waals surface area contributed by atoms with Crippen LogP contribution in [0, 0.1) is 5.92 Å². The topological polar surface area (TPSA) is 61.4 Å². The van der Waals surface area contributed by atoms with Crippen molar-refractivity contribution in [2.24, 2.45) is 5.92 Å². The maximum atomic E-state index is 12.3. The van der Waals surface area contributed by atoms with Gasteiger partial charge in [-0.3, -0.25) is 14.5 Å². The van der Waals surface area contributed by atoms with Gasteiger partial charge in [0.05, 0.1) is 6.04 Å². The van der Waals surface area contributed by atoms with Crippen molar-refractivity contribution in [1.29, 1.82) is 0 Å². The highest BCUT2D eigenvalue weighted by atomic mass is 19.4. The molecule has 0 radical (unpaired) electrons. The van der Waals surface area contributed by atoms with Crippen LogP contribution in [0.2, 0.25) is 0 Å². The minimum Gasteiger partial charge on any atom is -0.346 e. The number of amides is 2. The maximum absolute atomic E-state index is 12.3. The van der Waals surface area contributed by atoms with Gasteiger partial charge in [0.15, 0.2) is 0 Å². The molecule has 1 aliphatic heterocycles. The number of benzene rings is 1. The summed E-state index contributed by atoms with van der Waals surface area (Å²) in [4.78, 5) is 25.9. The Hall–Kier alpha value is -2.09. The number of hydrogen-bond acceptors (Lipinski definition) is 3. The highest BCUT2D eigenvalue weighted by Gasteiger charge is 2.32. The zero-order valence-electron chi connectivity index (χ0n) is 14.0. The molecule has 2 rings (SSSR count). The lowest BCUT2D eigenvalue weighted by molar-refractivity contribution is -0.141. The Bertz CT molecular complexity index is 585. The molecule has 0 saturated carbocycles. The van der Waals surface area contributed by atoms with Crippen molar-refractivity contribution in [3.63, 3.8) is 0 Å². The minimum atomic E-state index is -4.42. The Morgan fingerprint density at radius 2 is 1.80 bits per heavy atom. The molecule has 1 aliphatic rings. The van der Waals surface area contributed by atoms with E-state index in [4.69, 9.17) is 0 Å². The summed E-state index contributed by atoms with van der Waals surface area (Å²) in [5.41, 5.74) is 0.731. The van der Waals surface area contributed by atoms with Gasteiger partial charge in [-0.15, -0.1) is 0 Å². The largest absolute Gasteiger partial charge is 0.405 e. The lowest BCUT2D eigenvalue weighted by Gasteiger charge is -2.34. The third-order valence-electron chi connectivity index (χ3n) is 4.33. The molecule has 8 heteroatoms. The van der Waals surface area contributed by atoms with E-state index in [1.165, 1.54) is 0 Å². The molecule has 1 saturated heterocycles. The van der Waals surface area contributed by atoms with Crippen LogP contribution in [0.25, 0.3) is 0 Å². The average Bonchev–Trinajstić information content (AvgIpc) is 2.59. The first-order valence-corrected chi connectivity index (χ1v) is 8.20. The molecule has 1 atom stereocenters. The van der Waals surface area contributed by atoms with Crippen LogP contribution in [0.3, 0.4) is 0 Å². The molecule has 0 aliphatic carbocycles. The number of piperidine rings is 1. The van der Waals surface area contributed by atoms with Crippen LogP contribution >= 0.6 is 0 Å². The van der Waals surface area contributed by atoms with E-state index in [-0.39, 0.29) is 11.8 Å². The highest BCUT2D eigenvalue weighted by Crippen LogP contribution is 2.21. The molecular formula is C17H22F3N3O2. The molecule has 1 aromatic carbocycles. The second kappa shape index (κ2) is 8.33. The van der Waals surface area contributed by atoms with E-state index >= 15 is 0 Å². The normalized spacial score (nSPS) is 17.8. The first kappa shape index (κ1) is 19.2. The molecule has 0 spiro atoms. The number of halogens is 3. The summed E-state index contributed by atoms with van der Waals surface area (Å²) in [6, 6.07) is 8.49. The van der Waals surface area contributed by atoms with Crippen molar-refractivity contribution < 1.29 is 22.8 Å². The van der Waals surface area contributed by atoms with E-state index < -0.39 is 24.7 Å². The van der Waals surface area contributed by atoms with Crippen molar-refractivity contribution >= 4 is 17.5 Å². The number of rotatable bonds is 5. The number of nitrogens with one attached hydrogen (secondary N) is 2. The fraction of sp³-hybridized carbons (Fsp3) is 0.529. The molecule has 5 nitrogen and oxygen atoms in total. The predicted molar refractivity (Wildman–Crippen MR) is 87.9 cm³/mol. The zero-order chi connectivity index (χ0) is 18.4. The minimum absolute atomic E-state index is 0.0694. The summed E-state index contributed by atoms with van der Waals surface area (Å²) in [5, 5.41) is 4.76. The van der Waals surface area contributed by atoms with E-state index in [0.29, 0.717) is 25.9 Å².